The Labute approximate surface area is 142 Å². The third-order valence-corrected chi connectivity index (χ3v) is 3.76. The molecule has 0 radical (unpaired) electrons. The highest BCUT2D eigenvalue weighted by Crippen LogP contribution is 2.32. The van der Waals surface area contributed by atoms with E-state index in [-0.39, 0.29) is 19.0 Å². The number of halogens is 1. The van der Waals surface area contributed by atoms with Gasteiger partial charge in [-0.25, -0.2) is 4.39 Å². The molecule has 0 saturated heterocycles. The van der Waals surface area contributed by atoms with Crippen LogP contribution in [0.25, 0.3) is 0 Å². The highest BCUT2D eigenvalue weighted by atomic mass is 19.1. The molecule has 0 heterocycles. The molecule has 2 rings (SSSR count). The zero-order valence-corrected chi connectivity index (χ0v) is 14.3. The molecule has 4 nitrogen and oxygen atoms in total. The maximum absolute atomic E-state index is 13.8. The molecule has 0 aliphatic rings. The van der Waals surface area contributed by atoms with Gasteiger partial charge in [0.25, 0.3) is 0 Å². The molecular formula is C19H24FNO3. The molecule has 2 aromatic carbocycles. The first-order valence-corrected chi connectivity index (χ1v) is 7.85. The summed E-state index contributed by atoms with van der Waals surface area (Å²) in [5.74, 6) is 0.866. The molecule has 0 saturated carbocycles. The smallest absolute Gasteiger partial charge is 0.166 e. The first-order chi connectivity index (χ1) is 11.5. The van der Waals surface area contributed by atoms with E-state index in [0.29, 0.717) is 23.6 Å². The Morgan fingerprint density at radius 3 is 2.46 bits per heavy atom. The summed E-state index contributed by atoms with van der Waals surface area (Å²) >= 11 is 0. The number of aliphatic hydroxyl groups excluding tert-OH is 1. The molecule has 130 valence electrons. The molecule has 24 heavy (non-hydrogen) atoms. The summed E-state index contributed by atoms with van der Waals surface area (Å²) in [6, 6.07) is 12.1. The van der Waals surface area contributed by atoms with Crippen molar-refractivity contribution in [3.05, 3.63) is 59.4 Å². The van der Waals surface area contributed by atoms with Crippen molar-refractivity contribution in [3.63, 3.8) is 0 Å². The Kier molecular flexibility index (Phi) is 6.17. The van der Waals surface area contributed by atoms with Crippen LogP contribution < -0.4 is 14.8 Å². The van der Waals surface area contributed by atoms with Gasteiger partial charge in [0.1, 0.15) is 12.4 Å². The van der Waals surface area contributed by atoms with Crippen LogP contribution in [0.15, 0.2) is 42.5 Å². The van der Waals surface area contributed by atoms with Crippen molar-refractivity contribution >= 4 is 0 Å². The molecule has 0 atom stereocenters. The van der Waals surface area contributed by atoms with E-state index in [9.17, 15) is 9.50 Å². The van der Waals surface area contributed by atoms with Gasteiger partial charge in [-0.3, -0.25) is 0 Å². The Bertz CT molecular complexity index is 673. The van der Waals surface area contributed by atoms with Gasteiger partial charge in [0, 0.05) is 23.2 Å². The Balaban J connectivity index is 2.19. The SMILES string of the molecule is COc1cccc(CNC(C)(C)CO)c1OCc1ccccc1F. The van der Waals surface area contributed by atoms with Gasteiger partial charge >= 0.3 is 0 Å². The molecular weight excluding hydrogens is 309 g/mol. The van der Waals surface area contributed by atoms with Crippen LogP contribution >= 0.6 is 0 Å². The molecule has 5 heteroatoms. The van der Waals surface area contributed by atoms with Crippen molar-refractivity contribution in [1.82, 2.24) is 5.32 Å². The van der Waals surface area contributed by atoms with Crippen LogP contribution in [-0.4, -0.2) is 24.4 Å². The highest BCUT2D eigenvalue weighted by molar-refractivity contribution is 5.46. The van der Waals surface area contributed by atoms with E-state index in [1.54, 1.807) is 31.4 Å². The van der Waals surface area contributed by atoms with Crippen molar-refractivity contribution in [1.29, 1.82) is 0 Å². The number of nitrogens with one attached hydrogen (secondary N) is 1. The fraction of sp³-hybridized carbons (Fsp3) is 0.368. The van der Waals surface area contributed by atoms with E-state index >= 15 is 0 Å². The fourth-order valence-electron chi connectivity index (χ4n) is 2.18. The Morgan fingerprint density at radius 1 is 1.08 bits per heavy atom. The Hall–Kier alpha value is -2.11. The zero-order chi connectivity index (χ0) is 17.6. The fourth-order valence-corrected chi connectivity index (χ4v) is 2.18. The minimum atomic E-state index is -0.411. The standard InChI is InChI=1S/C19H24FNO3/c1-19(2,13-22)21-11-14-8-6-10-17(23-3)18(14)24-12-15-7-4-5-9-16(15)20/h4-10,21-22H,11-13H2,1-3H3. The number of methoxy groups -OCH3 is 1. The van der Waals surface area contributed by atoms with Gasteiger partial charge in [-0.2, -0.15) is 0 Å². The van der Waals surface area contributed by atoms with Gasteiger partial charge in [0.15, 0.2) is 11.5 Å². The molecule has 0 spiro atoms. The van der Waals surface area contributed by atoms with Crippen LogP contribution in [0.1, 0.15) is 25.0 Å². The monoisotopic (exact) mass is 333 g/mol. The third-order valence-electron chi connectivity index (χ3n) is 3.76. The van der Waals surface area contributed by atoms with Gasteiger partial charge in [-0.15, -0.1) is 0 Å². The molecule has 0 unspecified atom stereocenters. The number of para-hydroxylation sites is 1. The zero-order valence-electron chi connectivity index (χ0n) is 14.3. The molecule has 2 N–H and O–H groups in total. The number of aliphatic hydroxyl groups is 1. The van der Waals surface area contributed by atoms with E-state index in [1.165, 1.54) is 6.07 Å². The second-order valence-corrected chi connectivity index (χ2v) is 6.22. The maximum Gasteiger partial charge on any atom is 0.166 e. The first-order valence-electron chi connectivity index (χ1n) is 7.85. The largest absolute Gasteiger partial charge is 0.493 e. The summed E-state index contributed by atoms with van der Waals surface area (Å²) in [6.45, 7) is 4.45. The maximum atomic E-state index is 13.8. The lowest BCUT2D eigenvalue weighted by molar-refractivity contribution is 0.186. The van der Waals surface area contributed by atoms with Crippen molar-refractivity contribution < 1.29 is 19.0 Å². The Morgan fingerprint density at radius 2 is 1.79 bits per heavy atom. The topological polar surface area (TPSA) is 50.7 Å². The van der Waals surface area contributed by atoms with Crippen molar-refractivity contribution in [3.8, 4) is 11.5 Å². The quantitative estimate of drug-likeness (QED) is 0.778. The first kappa shape index (κ1) is 18.2. The highest BCUT2D eigenvalue weighted by Gasteiger charge is 2.18. The number of benzene rings is 2. The van der Waals surface area contributed by atoms with Gasteiger partial charge < -0.3 is 19.9 Å². The average Bonchev–Trinajstić information content (AvgIpc) is 2.59. The van der Waals surface area contributed by atoms with E-state index in [0.717, 1.165) is 5.56 Å². The van der Waals surface area contributed by atoms with Crippen LogP contribution in [0, 0.1) is 5.82 Å². The molecule has 0 aromatic heterocycles. The molecule has 2 aromatic rings. The van der Waals surface area contributed by atoms with Gasteiger partial charge in [0.05, 0.1) is 13.7 Å². The summed E-state index contributed by atoms with van der Waals surface area (Å²) in [5, 5.41) is 12.6. The number of ether oxygens (including phenoxy) is 2. The van der Waals surface area contributed by atoms with Crippen molar-refractivity contribution in [2.24, 2.45) is 0 Å². The van der Waals surface area contributed by atoms with Gasteiger partial charge in [-0.1, -0.05) is 30.3 Å². The summed E-state index contributed by atoms with van der Waals surface area (Å²) in [4.78, 5) is 0. The van der Waals surface area contributed by atoms with Gasteiger partial charge in [0.2, 0.25) is 0 Å². The lowest BCUT2D eigenvalue weighted by Crippen LogP contribution is -2.42. The summed E-state index contributed by atoms with van der Waals surface area (Å²) < 4.78 is 25.0. The van der Waals surface area contributed by atoms with Crippen LogP contribution in [0.5, 0.6) is 11.5 Å². The second-order valence-electron chi connectivity index (χ2n) is 6.22. The van der Waals surface area contributed by atoms with E-state index in [1.807, 2.05) is 26.0 Å². The van der Waals surface area contributed by atoms with E-state index in [2.05, 4.69) is 5.32 Å². The molecule has 0 fully saturated rings. The lowest BCUT2D eigenvalue weighted by atomic mass is 10.1. The number of rotatable bonds is 8. The lowest BCUT2D eigenvalue weighted by Gasteiger charge is -2.24. The predicted octanol–water partition coefficient (Wildman–Crippen LogP) is 3.27. The van der Waals surface area contributed by atoms with Crippen LogP contribution in [0.2, 0.25) is 0 Å². The summed E-state index contributed by atoms with van der Waals surface area (Å²) in [7, 11) is 1.57. The van der Waals surface area contributed by atoms with E-state index < -0.39 is 5.54 Å². The summed E-state index contributed by atoms with van der Waals surface area (Å²) in [5.41, 5.74) is 0.955. The minimum absolute atomic E-state index is 0.0163. The molecule has 0 aliphatic carbocycles. The van der Waals surface area contributed by atoms with Crippen LogP contribution in [0.4, 0.5) is 4.39 Å². The third kappa shape index (κ3) is 4.69. The van der Waals surface area contributed by atoms with E-state index in [4.69, 9.17) is 9.47 Å². The normalized spacial score (nSPS) is 11.4. The average molecular weight is 333 g/mol. The van der Waals surface area contributed by atoms with Crippen LogP contribution in [0.3, 0.4) is 0 Å². The van der Waals surface area contributed by atoms with Crippen molar-refractivity contribution in [2.75, 3.05) is 13.7 Å². The van der Waals surface area contributed by atoms with Gasteiger partial charge in [-0.05, 0) is 26.0 Å². The van der Waals surface area contributed by atoms with Crippen molar-refractivity contribution in [2.45, 2.75) is 32.5 Å². The molecule has 0 aliphatic heterocycles. The minimum Gasteiger partial charge on any atom is -0.493 e. The summed E-state index contributed by atoms with van der Waals surface area (Å²) in [6.07, 6.45) is 0. The predicted molar refractivity (Wildman–Crippen MR) is 91.7 cm³/mol. The number of hydrogen-bond acceptors (Lipinski definition) is 4. The second kappa shape index (κ2) is 8.13. The molecule has 0 bridgehead atoms. The van der Waals surface area contributed by atoms with Crippen LogP contribution in [-0.2, 0) is 13.2 Å². The molecule has 0 amide bonds. The number of hydrogen-bond donors (Lipinski definition) is 2.